The number of benzene rings is 3. The minimum Gasteiger partial charge on any atom is -0.494 e. The zero-order chi connectivity index (χ0) is 24.1. The number of anilines is 1. The zero-order valence-corrected chi connectivity index (χ0v) is 19.3. The van der Waals surface area contributed by atoms with Gasteiger partial charge in [0, 0.05) is 5.69 Å². The van der Waals surface area contributed by atoms with Gasteiger partial charge in [-0.15, -0.1) is 0 Å². The fourth-order valence-electron chi connectivity index (χ4n) is 3.82. The van der Waals surface area contributed by atoms with Gasteiger partial charge in [0.15, 0.2) is 11.5 Å². The Morgan fingerprint density at radius 3 is 2.18 bits per heavy atom. The summed E-state index contributed by atoms with van der Waals surface area (Å²) in [6.07, 6.45) is 0. The van der Waals surface area contributed by atoms with Crippen molar-refractivity contribution in [3.05, 3.63) is 89.6 Å². The van der Waals surface area contributed by atoms with Gasteiger partial charge in [-0.2, -0.15) is 0 Å². The molecule has 1 heterocycles. The minimum absolute atomic E-state index is 0.100. The van der Waals surface area contributed by atoms with Gasteiger partial charge in [-0.25, -0.2) is 0 Å². The summed E-state index contributed by atoms with van der Waals surface area (Å²) in [5.74, 6) is 1.08. The molecule has 7 heteroatoms. The summed E-state index contributed by atoms with van der Waals surface area (Å²) in [4.78, 5) is 28.2. The first-order chi connectivity index (χ1) is 16.5. The van der Waals surface area contributed by atoms with Crippen molar-refractivity contribution in [1.29, 1.82) is 0 Å². The van der Waals surface area contributed by atoms with Crippen LogP contribution < -0.4 is 19.5 Å². The van der Waals surface area contributed by atoms with Crippen molar-refractivity contribution < 1.29 is 23.8 Å². The smallest absolute Gasteiger partial charge is 0.278 e. The standard InChI is InChI=1S/C27H26N2O5/c1-4-34-21-13-11-20(12-14-21)28-25-24(19-8-6-5-7-9-19)26(30)29(27(25)31)17-18-10-15-22(32-2)23(16-18)33-3/h5-16,28H,4,17H2,1-3H3. The van der Waals surface area contributed by atoms with Crippen LogP contribution in [0.25, 0.3) is 5.57 Å². The van der Waals surface area contributed by atoms with Crippen molar-refractivity contribution >= 4 is 23.1 Å². The van der Waals surface area contributed by atoms with Crippen LogP contribution in [0, 0.1) is 0 Å². The number of amides is 2. The number of nitrogens with zero attached hydrogens (tertiary/aromatic N) is 1. The Bertz CT molecular complexity index is 1220. The molecule has 0 spiro atoms. The second kappa shape index (κ2) is 10.1. The topological polar surface area (TPSA) is 77.1 Å². The quantitative estimate of drug-likeness (QED) is 0.476. The summed E-state index contributed by atoms with van der Waals surface area (Å²) < 4.78 is 16.1. The summed E-state index contributed by atoms with van der Waals surface area (Å²) >= 11 is 0. The minimum atomic E-state index is -0.396. The van der Waals surface area contributed by atoms with Gasteiger partial charge < -0.3 is 19.5 Å². The van der Waals surface area contributed by atoms with Crippen LogP contribution in [0.15, 0.2) is 78.5 Å². The van der Waals surface area contributed by atoms with E-state index < -0.39 is 5.91 Å². The van der Waals surface area contributed by atoms with E-state index in [2.05, 4.69) is 5.32 Å². The number of rotatable bonds is 9. The summed E-state index contributed by atoms with van der Waals surface area (Å²) in [7, 11) is 3.10. The third-order valence-electron chi connectivity index (χ3n) is 5.45. The van der Waals surface area contributed by atoms with Crippen molar-refractivity contribution in [3.63, 3.8) is 0 Å². The average molecular weight is 459 g/mol. The molecule has 3 aromatic carbocycles. The zero-order valence-electron chi connectivity index (χ0n) is 19.3. The molecule has 3 aromatic rings. The largest absolute Gasteiger partial charge is 0.494 e. The second-order valence-electron chi connectivity index (χ2n) is 7.58. The van der Waals surface area contributed by atoms with Gasteiger partial charge in [0.1, 0.15) is 11.4 Å². The first-order valence-corrected chi connectivity index (χ1v) is 10.9. The van der Waals surface area contributed by atoms with E-state index in [1.54, 1.807) is 26.4 Å². The van der Waals surface area contributed by atoms with Gasteiger partial charge in [0.2, 0.25) is 0 Å². The Kier molecular flexibility index (Phi) is 6.82. The molecule has 2 amide bonds. The molecule has 0 saturated carbocycles. The van der Waals surface area contributed by atoms with Crippen LogP contribution in [0.3, 0.4) is 0 Å². The number of hydrogen-bond acceptors (Lipinski definition) is 6. The lowest BCUT2D eigenvalue weighted by molar-refractivity contribution is -0.137. The lowest BCUT2D eigenvalue weighted by Gasteiger charge is -2.17. The number of methoxy groups -OCH3 is 2. The molecule has 0 unspecified atom stereocenters. The maximum Gasteiger partial charge on any atom is 0.278 e. The molecule has 1 N–H and O–H groups in total. The molecular weight excluding hydrogens is 432 g/mol. The van der Waals surface area contributed by atoms with Gasteiger partial charge in [0.05, 0.1) is 32.9 Å². The summed E-state index contributed by atoms with van der Waals surface area (Å²) in [6, 6.07) is 21.8. The molecule has 0 fully saturated rings. The van der Waals surface area contributed by atoms with Crippen LogP contribution in [0.4, 0.5) is 5.69 Å². The summed E-state index contributed by atoms with van der Waals surface area (Å²) in [5.41, 5.74) is 2.67. The van der Waals surface area contributed by atoms with Gasteiger partial charge in [-0.3, -0.25) is 14.5 Å². The highest BCUT2D eigenvalue weighted by Gasteiger charge is 2.39. The van der Waals surface area contributed by atoms with E-state index in [9.17, 15) is 9.59 Å². The van der Waals surface area contributed by atoms with E-state index in [1.807, 2.05) is 67.6 Å². The maximum absolute atomic E-state index is 13.5. The number of carbonyl (C=O) groups is 2. The van der Waals surface area contributed by atoms with Crippen LogP contribution in [0.5, 0.6) is 17.2 Å². The SMILES string of the molecule is CCOc1ccc(NC2=C(c3ccccc3)C(=O)N(Cc3ccc(OC)c(OC)c3)C2=O)cc1. The number of hydrogen-bond donors (Lipinski definition) is 1. The molecule has 1 aliphatic heterocycles. The van der Waals surface area contributed by atoms with Crippen molar-refractivity contribution in [3.8, 4) is 17.2 Å². The molecule has 0 atom stereocenters. The van der Waals surface area contributed by atoms with E-state index >= 15 is 0 Å². The van der Waals surface area contributed by atoms with E-state index in [0.29, 0.717) is 34.9 Å². The van der Waals surface area contributed by atoms with Crippen LogP contribution in [0.1, 0.15) is 18.1 Å². The molecule has 7 nitrogen and oxygen atoms in total. The molecule has 0 aliphatic carbocycles. The number of nitrogens with one attached hydrogen (secondary N) is 1. The lowest BCUT2D eigenvalue weighted by atomic mass is 10.0. The van der Waals surface area contributed by atoms with Crippen LogP contribution in [-0.4, -0.2) is 37.5 Å². The number of imide groups is 1. The molecule has 4 rings (SSSR count). The Morgan fingerprint density at radius 2 is 1.53 bits per heavy atom. The van der Waals surface area contributed by atoms with Gasteiger partial charge in [0.25, 0.3) is 11.8 Å². The van der Waals surface area contributed by atoms with Gasteiger partial charge in [-0.05, 0) is 54.4 Å². The molecule has 0 aromatic heterocycles. The van der Waals surface area contributed by atoms with Crippen LogP contribution in [-0.2, 0) is 16.1 Å². The second-order valence-corrected chi connectivity index (χ2v) is 7.58. The van der Waals surface area contributed by atoms with Crippen LogP contribution >= 0.6 is 0 Å². The molecular formula is C27H26N2O5. The number of carbonyl (C=O) groups excluding carboxylic acids is 2. The molecule has 0 saturated heterocycles. The predicted octanol–water partition coefficient (Wildman–Crippen LogP) is 4.49. The molecule has 34 heavy (non-hydrogen) atoms. The third-order valence-corrected chi connectivity index (χ3v) is 5.45. The fourth-order valence-corrected chi connectivity index (χ4v) is 3.82. The maximum atomic E-state index is 13.5. The highest BCUT2D eigenvalue weighted by molar-refractivity contribution is 6.36. The molecule has 174 valence electrons. The van der Waals surface area contributed by atoms with E-state index in [1.165, 1.54) is 4.90 Å². The fraction of sp³-hybridized carbons (Fsp3) is 0.185. The molecule has 1 aliphatic rings. The Balaban J connectivity index is 1.66. The lowest BCUT2D eigenvalue weighted by Crippen LogP contribution is -2.32. The monoisotopic (exact) mass is 458 g/mol. The van der Waals surface area contributed by atoms with Crippen molar-refractivity contribution in [1.82, 2.24) is 4.90 Å². The first kappa shape index (κ1) is 22.9. The van der Waals surface area contributed by atoms with Gasteiger partial charge >= 0.3 is 0 Å². The Hall–Kier alpha value is -4.26. The van der Waals surface area contributed by atoms with E-state index in [4.69, 9.17) is 14.2 Å². The third kappa shape index (κ3) is 4.59. The molecule has 0 bridgehead atoms. The molecule has 0 radical (unpaired) electrons. The van der Waals surface area contributed by atoms with E-state index in [0.717, 1.165) is 11.3 Å². The summed E-state index contributed by atoms with van der Waals surface area (Å²) in [5, 5.41) is 3.16. The van der Waals surface area contributed by atoms with Gasteiger partial charge in [-0.1, -0.05) is 36.4 Å². The highest BCUT2D eigenvalue weighted by atomic mass is 16.5. The van der Waals surface area contributed by atoms with E-state index in [-0.39, 0.29) is 18.1 Å². The Labute approximate surface area is 198 Å². The predicted molar refractivity (Wildman–Crippen MR) is 130 cm³/mol. The summed E-state index contributed by atoms with van der Waals surface area (Å²) in [6.45, 7) is 2.58. The van der Waals surface area contributed by atoms with Crippen molar-refractivity contribution in [2.24, 2.45) is 0 Å². The average Bonchev–Trinajstić information content (AvgIpc) is 3.09. The highest BCUT2D eigenvalue weighted by Crippen LogP contribution is 2.33. The van der Waals surface area contributed by atoms with Crippen molar-refractivity contribution in [2.75, 3.05) is 26.1 Å². The number of ether oxygens (including phenoxy) is 3. The Morgan fingerprint density at radius 1 is 0.824 bits per heavy atom. The first-order valence-electron chi connectivity index (χ1n) is 10.9. The van der Waals surface area contributed by atoms with Crippen molar-refractivity contribution in [2.45, 2.75) is 13.5 Å². The van der Waals surface area contributed by atoms with Crippen LogP contribution in [0.2, 0.25) is 0 Å². The normalized spacial score (nSPS) is 13.3.